The van der Waals surface area contributed by atoms with Crippen LogP contribution in [-0.4, -0.2) is 23.3 Å². The first kappa shape index (κ1) is 23.0. The van der Waals surface area contributed by atoms with Gasteiger partial charge >= 0.3 is 0 Å². The number of anilines is 1. The van der Waals surface area contributed by atoms with Gasteiger partial charge in [-0.2, -0.15) is 0 Å². The smallest absolute Gasteiger partial charge is 0.256 e. The van der Waals surface area contributed by atoms with E-state index in [9.17, 15) is 9.59 Å². The van der Waals surface area contributed by atoms with Gasteiger partial charge in [-0.15, -0.1) is 0 Å². The number of benzene rings is 4. The fourth-order valence-corrected chi connectivity index (χ4v) is 5.03. The highest BCUT2D eigenvalue weighted by Crippen LogP contribution is 2.39. The van der Waals surface area contributed by atoms with Gasteiger partial charge in [0.15, 0.2) is 0 Å². The molecular weight excluding hydrogens is 458 g/mol. The molecule has 0 bridgehead atoms. The zero-order valence-corrected chi connectivity index (χ0v) is 20.5. The van der Waals surface area contributed by atoms with Crippen LogP contribution >= 0.6 is 0 Å². The monoisotopic (exact) mass is 487 g/mol. The highest BCUT2D eigenvalue weighted by Gasteiger charge is 2.39. The third kappa shape index (κ3) is 4.85. The molecule has 5 heteroatoms. The maximum Gasteiger partial charge on any atom is 0.256 e. The van der Waals surface area contributed by atoms with E-state index in [0.29, 0.717) is 11.5 Å². The largest absolute Gasteiger partial charge is 0.361 e. The number of carbonyl (C=O) groups is 2. The molecule has 1 fully saturated rings. The second kappa shape index (κ2) is 9.94. The van der Waals surface area contributed by atoms with Crippen molar-refractivity contribution >= 4 is 17.5 Å². The van der Waals surface area contributed by atoms with Gasteiger partial charge in [0.1, 0.15) is 6.17 Å². The van der Waals surface area contributed by atoms with Crippen LogP contribution in [0.1, 0.15) is 62.5 Å². The molecule has 2 amide bonds. The lowest BCUT2D eigenvalue weighted by Crippen LogP contribution is -2.34. The summed E-state index contributed by atoms with van der Waals surface area (Å²) in [7, 11) is 0. The van der Waals surface area contributed by atoms with Gasteiger partial charge < -0.3 is 15.5 Å². The molecule has 184 valence electrons. The Hall–Kier alpha value is -4.38. The van der Waals surface area contributed by atoms with E-state index in [1.54, 1.807) is 0 Å². The Morgan fingerprint density at radius 3 is 2.00 bits per heavy atom. The molecule has 6 rings (SSSR count). The van der Waals surface area contributed by atoms with Crippen LogP contribution in [0, 0.1) is 5.92 Å². The first-order chi connectivity index (χ1) is 18.2. The third-order valence-electron chi connectivity index (χ3n) is 7.20. The molecule has 0 aromatic heterocycles. The number of amides is 2. The van der Waals surface area contributed by atoms with Crippen LogP contribution in [-0.2, 0) is 0 Å². The topological polar surface area (TPSA) is 61.4 Å². The van der Waals surface area contributed by atoms with Gasteiger partial charge in [0.2, 0.25) is 0 Å². The molecule has 37 heavy (non-hydrogen) atoms. The Morgan fingerprint density at radius 1 is 0.784 bits per heavy atom. The lowest BCUT2D eigenvalue weighted by Gasteiger charge is -2.27. The second-order valence-corrected chi connectivity index (χ2v) is 9.84. The minimum atomic E-state index is -0.246. The van der Waals surface area contributed by atoms with Crippen molar-refractivity contribution in [2.75, 3.05) is 11.9 Å². The number of hydrogen-bond acceptors (Lipinski definition) is 3. The molecule has 1 aliphatic heterocycles. The molecule has 4 aromatic carbocycles. The molecular formula is C32H29N3O2. The van der Waals surface area contributed by atoms with Crippen LogP contribution in [0.3, 0.4) is 0 Å². The summed E-state index contributed by atoms with van der Waals surface area (Å²) in [6.45, 7) is 0.770. The average molecular weight is 488 g/mol. The highest BCUT2D eigenvalue weighted by atomic mass is 16.2. The summed E-state index contributed by atoms with van der Waals surface area (Å²) in [5, 5.41) is 6.74. The molecule has 0 spiro atoms. The van der Waals surface area contributed by atoms with Crippen molar-refractivity contribution in [1.82, 2.24) is 10.2 Å². The van der Waals surface area contributed by atoms with Crippen LogP contribution in [0.2, 0.25) is 0 Å². The predicted octanol–water partition coefficient (Wildman–Crippen LogP) is 6.18. The van der Waals surface area contributed by atoms with E-state index < -0.39 is 0 Å². The van der Waals surface area contributed by atoms with Crippen molar-refractivity contribution in [2.45, 2.75) is 25.0 Å². The number of fused-ring (bicyclic) bond motifs is 1. The van der Waals surface area contributed by atoms with E-state index >= 15 is 0 Å². The minimum Gasteiger partial charge on any atom is -0.361 e. The molecule has 0 saturated heterocycles. The van der Waals surface area contributed by atoms with Crippen molar-refractivity contribution in [2.24, 2.45) is 5.92 Å². The molecule has 0 radical (unpaired) electrons. The van der Waals surface area contributed by atoms with Gasteiger partial charge in [0, 0.05) is 28.9 Å². The van der Waals surface area contributed by atoms with E-state index in [1.165, 1.54) is 12.8 Å². The molecule has 1 saturated carbocycles. The van der Waals surface area contributed by atoms with Crippen molar-refractivity contribution in [3.05, 3.63) is 137 Å². The molecule has 2 N–H and O–H groups in total. The van der Waals surface area contributed by atoms with E-state index in [4.69, 9.17) is 0 Å². The Balaban J connectivity index is 1.20. The summed E-state index contributed by atoms with van der Waals surface area (Å²) in [6.07, 6.45) is 2.16. The summed E-state index contributed by atoms with van der Waals surface area (Å²) in [4.78, 5) is 28.3. The van der Waals surface area contributed by atoms with Crippen LogP contribution < -0.4 is 10.6 Å². The van der Waals surface area contributed by atoms with Gasteiger partial charge in [0.25, 0.3) is 11.8 Å². The number of rotatable bonds is 8. The van der Waals surface area contributed by atoms with E-state index in [-0.39, 0.29) is 24.0 Å². The molecule has 4 aromatic rings. The Kier molecular flexibility index (Phi) is 6.19. The first-order valence-electron chi connectivity index (χ1n) is 12.8. The van der Waals surface area contributed by atoms with Crippen LogP contribution in [0.5, 0.6) is 0 Å². The zero-order valence-electron chi connectivity index (χ0n) is 20.5. The summed E-state index contributed by atoms with van der Waals surface area (Å²) in [6, 6.07) is 35.0. The maximum atomic E-state index is 13.3. The Bertz CT molecular complexity index is 1360. The molecule has 1 heterocycles. The number of nitrogens with zero attached hydrogens (tertiary/aromatic N) is 1. The summed E-state index contributed by atoms with van der Waals surface area (Å²) < 4.78 is 0. The molecule has 1 aliphatic carbocycles. The van der Waals surface area contributed by atoms with Gasteiger partial charge in [-0.05, 0) is 60.2 Å². The maximum absolute atomic E-state index is 13.3. The van der Waals surface area contributed by atoms with Crippen molar-refractivity contribution in [3.63, 3.8) is 0 Å². The fraction of sp³-hybridized carbons (Fsp3) is 0.188. The van der Waals surface area contributed by atoms with E-state index in [0.717, 1.165) is 34.5 Å². The summed E-state index contributed by atoms with van der Waals surface area (Å²) >= 11 is 0. The lowest BCUT2D eigenvalue weighted by molar-refractivity contribution is 0.0734. The molecule has 1 unspecified atom stereocenters. The van der Waals surface area contributed by atoms with E-state index in [2.05, 4.69) is 10.6 Å². The van der Waals surface area contributed by atoms with Gasteiger partial charge in [-0.3, -0.25) is 9.59 Å². The normalized spacial score (nSPS) is 16.5. The standard InChI is InChI=1S/C32H29N3O2/c36-31(34-29(23-9-3-1-4-10-23)24-11-5-2-6-12-24)25-17-19-26(20-18-25)33-30-27-13-7-8-14-28(27)32(37)35(30)21-22-15-16-22/h1-14,17-20,22,29-30,33H,15-16,21H2,(H,34,36). The predicted molar refractivity (Wildman–Crippen MR) is 145 cm³/mol. The highest BCUT2D eigenvalue weighted by molar-refractivity contribution is 5.99. The number of nitrogens with one attached hydrogen (secondary N) is 2. The molecule has 1 atom stereocenters. The van der Waals surface area contributed by atoms with Crippen LogP contribution in [0.15, 0.2) is 109 Å². The van der Waals surface area contributed by atoms with Gasteiger partial charge in [-0.1, -0.05) is 78.9 Å². The quantitative estimate of drug-likeness (QED) is 0.312. The third-order valence-corrected chi connectivity index (χ3v) is 7.20. The zero-order chi connectivity index (χ0) is 25.2. The van der Waals surface area contributed by atoms with Crippen molar-refractivity contribution in [3.8, 4) is 0 Å². The SMILES string of the molecule is O=C(NC(c1ccccc1)c1ccccc1)c1ccc(NC2c3ccccc3C(=O)N2CC2CC2)cc1. The summed E-state index contributed by atoms with van der Waals surface area (Å²) in [5.74, 6) is 0.542. The van der Waals surface area contributed by atoms with Gasteiger partial charge in [-0.25, -0.2) is 0 Å². The Labute approximate surface area is 217 Å². The van der Waals surface area contributed by atoms with Crippen LogP contribution in [0.4, 0.5) is 5.69 Å². The fourth-order valence-electron chi connectivity index (χ4n) is 5.03. The first-order valence-corrected chi connectivity index (χ1v) is 12.8. The van der Waals surface area contributed by atoms with Crippen molar-refractivity contribution < 1.29 is 9.59 Å². The average Bonchev–Trinajstić information content (AvgIpc) is 3.74. The van der Waals surface area contributed by atoms with E-state index in [1.807, 2.05) is 114 Å². The van der Waals surface area contributed by atoms with Crippen LogP contribution in [0.25, 0.3) is 0 Å². The number of hydrogen-bond donors (Lipinski definition) is 2. The molecule has 5 nitrogen and oxygen atoms in total. The minimum absolute atomic E-state index is 0.0869. The Morgan fingerprint density at radius 2 is 1.38 bits per heavy atom. The van der Waals surface area contributed by atoms with Crippen molar-refractivity contribution in [1.29, 1.82) is 0 Å². The number of carbonyl (C=O) groups excluding carboxylic acids is 2. The van der Waals surface area contributed by atoms with Gasteiger partial charge in [0.05, 0.1) is 6.04 Å². The second-order valence-electron chi connectivity index (χ2n) is 9.84. The lowest BCUT2D eigenvalue weighted by atomic mass is 9.98. The molecule has 2 aliphatic rings. The summed E-state index contributed by atoms with van der Waals surface area (Å²) in [5.41, 5.74) is 5.28.